The van der Waals surface area contributed by atoms with Crippen LogP contribution in [0.4, 0.5) is 0 Å². The predicted octanol–water partition coefficient (Wildman–Crippen LogP) is 1.32. The highest BCUT2D eigenvalue weighted by Gasteiger charge is 2.30. The Morgan fingerprint density at radius 2 is 2.17 bits per heavy atom. The Morgan fingerprint density at radius 3 is 2.83 bits per heavy atom. The van der Waals surface area contributed by atoms with Gasteiger partial charge < -0.3 is 15.4 Å². The van der Waals surface area contributed by atoms with E-state index in [4.69, 9.17) is 10.5 Å². The average molecular weight is 248 g/mol. The van der Waals surface area contributed by atoms with Crippen LogP contribution < -0.4 is 5.73 Å². The van der Waals surface area contributed by atoms with E-state index in [0.717, 1.165) is 5.56 Å². The van der Waals surface area contributed by atoms with E-state index in [1.54, 1.807) is 0 Å². The second kappa shape index (κ2) is 5.98. The molecule has 0 aromatic heterocycles. The highest BCUT2D eigenvalue weighted by atomic mass is 16.5. The molecule has 18 heavy (non-hydrogen) atoms. The summed E-state index contributed by atoms with van der Waals surface area (Å²) >= 11 is 0. The Labute approximate surface area is 108 Å². The number of rotatable bonds is 3. The summed E-state index contributed by atoms with van der Waals surface area (Å²) in [5.74, 6) is 0.113. The fraction of sp³-hybridized carbons (Fsp3) is 0.500. The molecule has 1 aromatic carbocycles. The summed E-state index contributed by atoms with van der Waals surface area (Å²) in [4.78, 5) is 14.0. The molecular formula is C14H20N2O2. The molecule has 2 rings (SSSR count). The normalized spacial score (nSPS) is 24.0. The van der Waals surface area contributed by atoms with Crippen molar-refractivity contribution in [2.75, 3.05) is 19.7 Å². The van der Waals surface area contributed by atoms with E-state index in [1.165, 1.54) is 0 Å². The van der Waals surface area contributed by atoms with Crippen molar-refractivity contribution in [1.82, 2.24) is 4.90 Å². The van der Waals surface area contributed by atoms with Crippen LogP contribution in [0.1, 0.15) is 24.9 Å². The van der Waals surface area contributed by atoms with Gasteiger partial charge >= 0.3 is 0 Å². The topological polar surface area (TPSA) is 55.6 Å². The molecule has 1 aromatic rings. The maximum absolute atomic E-state index is 12.1. The maximum Gasteiger partial charge on any atom is 0.224 e. The highest BCUT2D eigenvalue weighted by Crippen LogP contribution is 2.26. The lowest BCUT2D eigenvalue weighted by molar-refractivity contribution is -0.144. The van der Waals surface area contributed by atoms with Gasteiger partial charge in [-0.3, -0.25) is 4.79 Å². The van der Waals surface area contributed by atoms with Gasteiger partial charge in [-0.05, 0) is 12.5 Å². The third-order valence-corrected chi connectivity index (χ3v) is 3.23. The van der Waals surface area contributed by atoms with Crippen molar-refractivity contribution in [2.24, 2.45) is 5.73 Å². The Kier molecular flexibility index (Phi) is 4.33. The molecule has 4 nitrogen and oxygen atoms in total. The number of morpholine rings is 1. The van der Waals surface area contributed by atoms with Crippen molar-refractivity contribution in [3.8, 4) is 0 Å². The van der Waals surface area contributed by atoms with Crippen molar-refractivity contribution < 1.29 is 9.53 Å². The minimum atomic E-state index is 0.0152. The standard InChI is InChI=1S/C14H20N2O2/c1-11-9-16(14(17)7-8-15)13(10-18-11)12-5-3-2-4-6-12/h2-6,11,13H,7-10,15H2,1H3/t11-,13+/m0/s1. The van der Waals surface area contributed by atoms with Gasteiger partial charge in [0.05, 0.1) is 18.8 Å². The van der Waals surface area contributed by atoms with Crippen LogP contribution in [-0.2, 0) is 9.53 Å². The third kappa shape index (κ3) is 2.89. The molecule has 0 spiro atoms. The van der Waals surface area contributed by atoms with Crippen LogP contribution in [0.15, 0.2) is 30.3 Å². The predicted molar refractivity (Wildman–Crippen MR) is 70.0 cm³/mol. The zero-order valence-corrected chi connectivity index (χ0v) is 10.7. The zero-order valence-electron chi connectivity index (χ0n) is 10.7. The third-order valence-electron chi connectivity index (χ3n) is 3.23. The number of amides is 1. The lowest BCUT2D eigenvalue weighted by atomic mass is 10.0. The van der Waals surface area contributed by atoms with E-state index in [0.29, 0.717) is 26.1 Å². The first-order valence-electron chi connectivity index (χ1n) is 6.38. The van der Waals surface area contributed by atoms with Crippen LogP contribution in [0.2, 0.25) is 0 Å². The Morgan fingerprint density at radius 1 is 1.44 bits per heavy atom. The number of carbonyl (C=O) groups is 1. The summed E-state index contributed by atoms with van der Waals surface area (Å²) in [6, 6.07) is 10.0. The zero-order chi connectivity index (χ0) is 13.0. The second-order valence-electron chi connectivity index (χ2n) is 4.66. The molecule has 4 heteroatoms. The number of ether oxygens (including phenoxy) is 1. The van der Waals surface area contributed by atoms with E-state index >= 15 is 0 Å². The van der Waals surface area contributed by atoms with Gasteiger partial charge in [-0.15, -0.1) is 0 Å². The van der Waals surface area contributed by atoms with Crippen molar-refractivity contribution >= 4 is 5.91 Å². The Hall–Kier alpha value is -1.39. The molecular weight excluding hydrogens is 228 g/mol. The van der Waals surface area contributed by atoms with Gasteiger partial charge in [0, 0.05) is 19.5 Å². The molecule has 0 unspecified atom stereocenters. The first-order chi connectivity index (χ1) is 8.72. The molecule has 1 fully saturated rings. The van der Waals surface area contributed by atoms with Crippen molar-refractivity contribution in [3.63, 3.8) is 0 Å². The molecule has 2 N–H and O–H groups in total. The quantitative estimate of drug-likeness (QED) is 0.878. The molecule has 98 valence electrons. The average Bonchev–Trinajstić information content (AvgIpc) is 2.40. The lowest BCUT2D eigenvalue weighted by Gasteiger charge is -2.39. The van der Waals surface area contributed by atoms with Crippen LogP contribution >= 0.6 is 0 Å². The van der Waals surface area contributed by atoms with E-state index in [-0.39, 0.29) is 18.1 Å². The number of nitrogens with two attached hydrogens (primary N) is 1. The van der Waals surface area contributed by atoms with Gasteiger partial charge in [0.25, 0.3) is 0 Å². The fourth-order valence-corrected chi connectivity index (χ4v) is 2.30. The molecule has 2 atom stereocenters. The monoisotopic (exact) mass is 248 g/mol. The number of carbonyl (C=O) groups excluding carboxylic acids is 1. The van der Waals surface area contributed by atoms with Gasteiger partial charge in [0.1, 0.15) is 0 Å². The van der Waals surface area contributed by atoms with Gasteiger partial charge in [0.2, 0.25) is 5.91 Å². The summed E-state index contributed by atoms with van der Waals surface area (Å²) in [6.07, 6.45) is 0.488. The fourth-order valence-electron chi connectivity index (χ4n) is 2.30. The number of benzene rings is 1. The van der Waals surface area contributed by atoms with Crippen LogP contribution in [0.25, 0.3) is 0 Å². The first-order valence-corrected chi connectivity index (χ1v) is 6.38. The van der Waals surface area contributed by atoms with E-state index in [1.807, 2.05) is 42.2 Å². The molecule has 1 amide bonds. The van der Waals surface area contributed by atoms with E-state index in [2.05, 4.69) is 0 Å². The van der Waals surface area contributed by atoms with Crippen molar-refractivity contribution in [1.29, 1.82) is 0 Å². The largest absolute Gasteiger partial charge is 0.374 e. The summed E-state index contributed by atoms with van der Waals surface area (Å²) in [6.45, 7) is 3.58. The molecule has 1 aliphatic heterocycles. The first kappa shape index (κ1) is 13.1. The minimum absolute atomic E-state index is 0.0152. The summed E-state index contributed by atoms with van der Waals surface area (Å²) in [7, 11) is 0. The Balaban J connectivity index is 2.18. The summed E-state index contributed by atoms with van der Waals surface area (Å²) in [5.41, 5.74) is 6.60. The van der Waals surface area contributed by atoms with Crippen LogP contribution in [0, 0.1) is 0 Å². The molecule has 1 heterocycles. The van der Waals surface area contributed by atoms with Crippen LogP contribution in [-0.4, -0.2) is 36.6 Å². The molecule has 1 saturated heterocycles. The smallest absolute Gasteiger partial charge is 0.224 e. The van der Waals surface area contributed by atoms with Crippen LogP contribution in [0.5, 0.6) is 0 Å². The highest BCUT2D eigenvalue weighted by molar-refractivity contribution is 5.77. The van der Waals surface area contributed by atoms with E-state index < -0.39 is 0 Å². The summed E-state index contributed by atoms with van der Waals surface area (Å²) in [5, 5.41) is 0. The number of hydrogen-bond acceptors (Lipinski definition) is 3. The summed E-state index contributed by atoms with van der Waals surface area (Å²) < 4.78 is 5.68. The SMILES string of the molecule is C[C@H]1CN(C(=O)CCN)[C@@H](c2ccccc2)CO1. The Bertz CT molecular complexity index is 394. The van der Waals surface area contributed by atoms with Gasteiger partial charge in [0.15, 0.2) is 0 Å². The molecule has 0 radical (unpaired) electrons. The van der Waals surface area contributed by atoms with Gasteiger partial charge in [-0.25, -0.2) is 0 Å². The van der Waals surface area contributed by atoms with Crippen molar-refractivity contribution in [2.45, 2.75) is 25.5 Å². The van der Waals surface area contributed by atoms with Gasteiger partial charge in [-0.1, -0.05) is 30.3 Å². The van der Waals surface area contributed by atoms with Crippen molar-refractivity contribution in [3.05, 3.63) is 35.9 Å². The molecule has 1 aliphatic rings. The van der Waals surface area contributed by atoms with Crippen LogP contribution in [0.3, 0.4) is 0 Å². The molecule has 0 aliphatic carbocycles. The van der Waals surface area contributed by atoms with Gasteiger partial charge in [-0.2, -0.15) is 0 Å². The lowest BCUT2D eigenvalue weighted by Crippen LogP contribution is -2.47. The number of hydrogen-bond donors (Lipinski definition) is 1. The maximum atomic E-state index is 12.1. The second-order valence-corrected chi connectivity index (χ2v) is 4.66. The molecule has 0 saturated carbocycles. The van der Waals surface area contributed by atoms with E-state index in [9.17, 15) is 4.79 Å². The molecule has 0 bridgehead atoms. The minimum Gasteiger partial charge on any atom is -0.374 e. The number of nitrogens with zero attached hydrogens (tertiary/aromatic N) is 1.